The quantitative estimate of drug-likeness (QED) is 0.393. The van der Waals surface area contributed by atoms with Crippen molar-refractivity contribution < 1.29 is 29.0 Å². The van der Waals surface area contributed by atoms with Crippen molar-refractivity contribution in [2.45, 2.75) is 6.42 Å². The highest BCUT2D eigenvalue weighted by molar-refractivity contribution is 5.96. The molecule has 0 atom stereocenters. The highest BCUT2D eigenvalue weighted by Gasteiger charge is 2.17. The van der Waals surface area contributed by atoms with Crippen LogP contribution in [-0.4, -0.2) is 34.2 Å². The number of nitrogens with zero attached hydrogens (tertiary/aromatic N) is 2. The standard InChI is InChI=1S/C17H14N4O8/c22-15(18-19-17(24)12-5-3-6-13(8-12)20(25)26)10-29-16(23)9-11-4-1-2-7-14(11)21(27)28/h1-8H,9-10H2,(H,18,22)(H,19,24). The Bertz CT molecular complexity index is 975. The largest absolute Gasteiger partial charge is 0.455 e. The Kier molecular flexibility index (Phi) is 6.90. The van der Waals surface area contributed by atoms with E-state index < -0.39 is 40.7 Å². The van der Waals surface area contributed by atoms with Crippen molar-refractivity contribution in [1.29, 1.82) is 0 Å². The average Bonchev–Trinajstić information content (AvgIpc) is 2.70. The molecular weight excluding hydrogens is 388 g/mol. The van der Waals surface area contributed by atoms with Gasteiger partial charge in [0.2, 0.25) is 0 Å². The minimum Gasteiger partial charge on any atom is -0.455 e. The summed E-state index contributed by atoms with van der Waals surface area (Å²) in [6.07, 6.45) is -0.412. The number of non-ortho nitro benzene ring substituents is 1. The number of esters is 1. The van der Waals surface area contributed by atoms with Gasteiger partial charge >= 0.3 is 5.97 Å². The normalized spacial score (nSPS) is 9.93. The number of carbonyl (C=O) groups excluding carboxylic acids is 3. The number of para-hydroxylation sites is 1. The van der Waals surface area contributed by atoms with Crippen molar-refractivity contribution in [3.63, 3.8) is 0 Å². The van der Waals surface area contributed by atoms with Crippen molar-refractivity contribution >= 4 is 29.2 Å². The van der Waals surface area contributed by atoms with Crippen molar-refractivity contribution in [2.75, 3.05) is 6.61 Å². The number of ether oxygens (including phenoxy) is 1. The summed E-state index contributed by atoms with van der Waals surface area (Å²) >= 11 is 0. The summed E-state index contributed by atoms with van der Waals surface area (Å²) in [7, 11) is 0. The Hall–Kier alpha value is -4.35. The predicted octanol–water partition coefficient (Wildman–Crippen LogP) is 1.05. The van der Waals surface area contributed by atoms with E-state index in [0.717, 1.165) is 6.07 Å². The lowest BCUT2D eigenvalue weighted by Crippen LogP contribution is -2.43. The third-order valence-corrected chi connectivity index (χ3v) is 3.52. The number of nitro benzene ring substituents is 2. The molecule has 0 aliphatic heterocycles. The van der Waals surface area contributed by atoms with Crippen LogP contribution in [-0.2, 0) is 20.7 Å². The Balaban J connectivity index is 1.82. The van der Waals surface area contributed by atoms with Crippen LogP contribution in [0, 0.1) is 20.2 Å². The van der Waals surface area contributed by atoms with Gasteiger partial charge in [-0.1, -0.05) is 24.3 Å². The molecule has 0 aliphatic carbocycles. The molecule has 0 aromatic heterocycles. The summed E-state index contributed by atoms with van der Waals surface area (Å²) in [6.45, 7) is -0.741. The maximum atomic E-state index is 11.9. The number of nitro groups is 2. The Morgan fingerprint density at radius 3 is 2.34 bits per heavy atom. The molecule has 29 heavy (non-hydrogen) atoms. The van der Waals surface area contributed by atoms with E-state index in [1.807, 2.05) is 10.9 Å². The highest BCUT2D eigenvalue weighted by atomic mass is 16.6. The van der Waals surface area contributed by atoms with E-state index >= 15 is 0 Å². The van der Waals surface area contributed by atoms with Crippen molar-refractivity contribution in [3.8, 4) is 0 Å². The summed E-state index contributed by atoms with van der Waals surface area (Å²) in [6, 6.07) is 10.4. The van der Waals surface area contributed by atoms with E-state index in [1.54, 1.807) is 0 Å². The molecule has 0 bridgehead atoms. The van der Waals surface area contributed by atoms with Crippen LogP contribution in [0.15, 0.2) is 48.5 Å². The molecule has 0 spiro atoms. The molecule has 0 heterocycles. The first-order valence-electron chi connectivity index (χ1n) is 7.99. The lowest BCUT2D eigenvalue weighted by atomic mass is 10.1. The van der Waals surface area contributed by atoms with Gasteiger partial charge in [-0.2, -0.15) is 0 Å². The van der Waals surface area contributed by atoms with Gasteiger partial charge in [0.05, 0.1) is 16.3 Å². The van der Waals surface area contributed by atoms with Crippen molar-refractivity contribution in [3.05, 3.63) is 79.9 Å². The molecule has 2 aromatic carbocycles. The molecule has 0 saturated carbocycles. The molecule has 12 nitrogen and oxygen atoms in total. The maximum Gasteiger partial charge on any atom is 0.311 e. The van der Waals surface area contributed by atoms with Crippen LogP contribution in [0.4, 0.5) is 11.4 Å². The second-order valence-corrected chi connectivity index (χ2v) is 5.53. The van der Waals surface area contributed by atoms with Gasteiger partial charge in [-0.05, 0) is 6.07 Å². The second kappa shape index (κ2) is 9.55. The fraction of sp³-hybridized carbons (Fsp3) is 0.118. The minimum atomic E-state index is -0.875. The molecule has 2 rings (SSSR count). The second-order valence-electron chi connectivity index (χ2n) is 5.53. The van der Waals surface area contributed by atoms with Crippen LogP contribution in [0.25, 0.3) is 0 Å². The lowest BCUT2D eigenvalue weighted by molar-refractivity contribution is -0.385. The van der Waals surface area contributed by atoms with Gasteiger partial charge in [0.25, 0.3) is 23.2 Å². The summed E-state index contributed by atoms with van der Waals surface area (Å²) in [5.41, 5.74) is 3.52. The van der Waals surface area contributed by atoms with Gasteiger partial charge in [0.15, 0.2) is 6.61 Å². The van der Waals surface area contributed by atoms with Crippen LogP contribution in [0.5, 0.6) is 0 Å². The first-order valence-corrected chi connectivity index (χ1v) is 7.99. The number of benzene rings is 2. The Morgan fingerprint density at radius 1 is 0.931 bits per heavy atom. The van der Waals surface area contributed by atoms with E-state index in [-0.39, 0.29) is 22.5 Å². The number of hydrazine groups is 1. The van der Waals surface area contributed by atoms with Gasteiger partial charge in [-0.15, -0.1) is 0 Å². The van der Waals surface area contributed by atoms with Gasteiger partial charge in [0, 0.05) is 29.3 Å². The maximum absolute atomic E-state index is 11.9. The number of amides is 2. The average molecular weight is 402 g/mol. The Morgan fingerprint density at radius 2 is 1.66 bits per heavy atom. The van der Waals surface area contributed by atoms with E-state index in [2.05, 4.69) is 0 Å². The first-order chi connectivity index (χ1) is 13.8. The topological polar surface area (TPSA) is 171 Å². The minimum absolute atomic E-state index is 0.0621. The zero-order valence-corrected chi connectivity index (χ0v) is 14.7. The molecule has 12 heteroatoms. The van der Waals surface area contributed by atoms with E-state index in [0.29, 0.717) is 0 Å². The van der Waals surface area contributed by atoms with E-state index in [1.165, 1.54) is 42.5 Å². The Labute approximate surface area is 162 Å². The van der Waals surface area contributed by atoms with Crippen LogP contribution >= 0.6 is 0 Å². The van der Waals surface area contributed by atoms with Crippen molar-refractivity contribution in [1.82, 2.24) is 10.9 Å². The van der Waals surface area contributed by atoms with Crippen molar-refractivity contribution in [2.24, 2.45) is 0 Å². The fourth-order valence-electron chi connectivity index (χ4n) is 2.19. The number of carbonyl (C=O) groups is 3. The lowest BCUT2D eigenvalue weighted by Gasteiger charge is -2.08. The molecule has 2 amide bonds. The van der Waals surface area contributed by atoms with Gasteiger partial charge < -0.3 is 4.74 Å². The molecular formula is C17H14N4O8. The third-order valence-electron chi connectivity index (χ3n) is 3.52. The van der Waals surface area contributed by atoms with Crippen LogP contribution in [0.2, 0.25) is 0 Å². The molecule has 0 saturated heterocycles. The molecule has 0 unspecified atom stereocenters. The number of rotatable bonds is 7. The number of hydrogen-bond acceptors (Lipinski definition) is 8. The monoisotopic (exact) mass is 402 g/mol. The van der Waals surface area contributed by atoms with Crippen LogP contribution in [0.3, 0.4) is 0 Å². The van der Waals surface area contributed by atoms with Crippen LogP contribution < -0.4 is 10.9 Å². The van der Waals surface area contributed by atoms with Gasteiger partial charge in [-0.25, -0.2) is 0 Å². The van der Waals surface area contributed by atoms with E-state index in [9.17, 15) is 34.6 Å². The fourth-order valence-corrected chi connectivity index (χ4v) is 2.19. The zero-order chi connectivity index (χ0) is 21.4. The van der Waals surface area contributed by atoms with E-state index in [4.69, 9.17) is 4.74 Å². The van der Waals surface area contributed by atoms with Gasteiger partial charge in [-0.3, -0.25) is 45.5 Å². The highest BCUT2D eigenvalue weighted by Crippen LogP contribution is 2.18. The molecule has 2 aromatic rings. The zero-order valence-electron chi connectivity index (χ0n) is 14.7. The predicted molar refractivity (Wildman–Crippen MR) is 96.5 cm³/mol. The SMILES string of the molecule is O=C(COC(=O)Cc1ccccc1[N+](=O)[O-])NNC(=O)c1cccc([N+](=O)[O-])c1. The summed E-state index contributed by atoms with van der Waals surface area (Å²) in [5, 5.41) is 21.6. The summed E-state index contributed by atoms with van der Waals surface area (Å²) in [4.78, 5) is 55.6. The molecule has 2 N–H and O–H groups in total. The third kappa shape index (κ3) is 6.09. The molecule has 0 aliphatic rings. The molecule has 150 valence electrons. The summed E-state index contributed by atoms with van der Waals surface area (Å²) in [5.74, 6) is -2.56. The molecule has 0 fully saturated rings. The first kappa shape index (κ1) is 21.0. The molecule has 0 radical (unpaired) electrons. The summed E-state index contributed by atoms with van der Waals surface area (Å²) < 4.78 is 4.72. The smallest absolute Gasteiger partial charge is 0.311 e. The van der Waals surface area contributed by atoms with Gasteiger partial charge in [0.1, 0.15) is 0 Å². The number of nitrogens with one attached hydrogen (secondary N) is 2. The van der Waals surface area contributed by atoms with Crippen LogP contribution in [0.1, 0.15) is 15.9 Å². The number of hydrogen-bond donors (Lipinski definition) is 2.